The quantitative estimate of drug-likeness (QED) is 0.141. The number of benzene rings is 15. The maximum atomic E-state index is 9.73. The fourth-order valence-corrected chi connectivity index (χ4v) is 19.0. The van der Waals surface area contributed by atoms with Crippen LogP contribution in [0.5, 0.6) is 0 Å². The Hall–Kier alpha value is -12.2. The number of rotatable bonds is 8. The summed E-state index contributed by atoms with van der Waals surface area (Å²) in [4.78, 5) is 5.15. The summed E-state index contributed by atoms with van der Waals surface area (Å²) in [7, 11) is 0. The van der Waals surface area contributed by atoms with Crippen molar-refractivity contribution in [3.63, 3.8) is 0 Å². The monoisotopic (exact) mass is 1430 g/mol. The summed E-state index contributed by atoms with van der Waals surface area (Å²) < 4.78 is 49.3. The van der Waals surface area contributed by atoms with Gasteiger partial charge in [0.15, 0.2) is 0 Å². The Balaban J connectivity index is 0.932. The normalized spacial score (nSPS) is 14.4. The third kappa shape index (κ3) is 10.5. The second-order valence-corrected chi connectivity index (χ2v) is 35.2. The van der Waals surface area contributed by atoms with Gasteiger partial charge in [0.05, 0.1) is 34.7 Å². The molecule has 0 radical (unpaired) electrons. The van der Waals surface area contributed by atoms with E-state index in [1.165, 1.54) is 61.2 Å². The highest BCUT2D eigenvalue weighted by Crippen LogP contribution is 2.65. The van der Waals surface area contributed by atoms with Crippen molar-refractivity contribution in [1.82, 2.24) is 4.57 Å². The van der Waals surface area contributed by atoms with E-state index >= 15 is 0 Å². The molecule has 0 unspecified atom stereocenters. The van der Waals surface area contributed by atoms with Gasteiger partial charge in [0.2, 0.25) is 0 Å². The van der Waals surface area contributed by atoms with Gasteiger partial charge < -0.3 is 14.4 Å². The van der Waals surface area contributed by atoms with Crippen molar-refractivity contribution in [3.05, 3.63) is 372 Å². The van der Waals surface area contributed by atoms with Crippen LogP contribution >= 0.6 is 0 Å². The van der Waals surface area contributed by atoms with Gasteiger partial charge in [0.25, 0.3) is 6.71 Å². The fraction of sp³-hybridized carbons (Fsp3) is 0.159. The van der Waals surface area contributed by atoms with E-state index in [0.29, 0.717) is 5.56 Å². The van der Waals surface area contributed by atoms with E-state index in [2.05, 4.69) is 389 Å². The van der Waals surface area contributed by atoms with Gasteiger partial charge in [0, 0.05) is 55.9 Å². The number of fused-ring (bicyclic) bond motifs is 17. The second-order valence-electron chi connectivity index (χ2n) is 35.2. The van der Waals surface area contributed by atoms with Gasteiger partial charge in [-0.1, -0.05) is 356 Å². The molecule has 2 aliphatic heterocycles. The summed E-state index contributed by atoms with van der Waals surface area (Å²) in [5.41, 5.74) is 35.1. The van der Waals surface area contributed by atoms with Crippen molar-refractivity contribution in [2.24, 2.45) is 0 Å². The number of hydrogen-bond acceptors (Lipinski definition) is 2. The van der Waals surface area contributed by atoms with E-state index in [1.54, 1.807) is 0 Å². The second kappa shape index (κ2) is 24.9. The predicted octanol–water partition coefficient (Wildman–Crippen LogP) is 26.7. The summed E-state index contributed by atoms with van der Waals surface area (Å²) in [6.45, 7) is 27.4. The summed E-state index contributed by atoms with van der Waals surface area (Å²) in [6.07, 6.45) is 0. The van der Waals surface area contributed by atoms with E-state index in [0.717, 1.165) is 128 Å². The molecule has 20 rings (SSSR count). The molecular formula is C107H90BN3. The van der Waals surface area contributed by atoms with E-state index in [9.17, 15) is 5.48 Å². The highest BCUT2D eigenvalue weighted by molar-refractivity contribution is 7.00. The zero-order valence-electron chi connectivity index (χ0n) is 70.2. The third-order valence-corrected chi connectivity index (χ3v) is 24.4. The van der Waals surface area contributed by atoms with E-state index in [1.807, 2.05) is 6.07 Å². The largest absolute Gasteiger partial charge is 0.310 e. The lowest BCUT2D eigenvalue weighted by Crippen LogP contribution is -2.61. The lowest BCUT2D eigenvalue weighted by atomic mass is 9.33. The summed E-state index contributed by atoms with van der Waals surface area (Å²) in [5, 5.41) is 2.15. The Kier molecular flexibility index (Phi) is 14.0. The zero-order valence-corrected chi connectivity index (χ0v) is 65.2. The molecule has 3 heterocycles. The molecular weight excluding hydrogens is 1340 g/mol. The molecule has 2 aliphatic carbocycles. The number of para-hydroxylation sites is 3. The minimum absolute atomic E-state index is 0.144. The maximum Gasteiger partial charge on any atom is 0.252 e. The Morgan fingerprint density at radius 3 is 1.29 bits per heavy atom. The van der Waals surface area contributed by atoms with Gasteiger partial charge in [-0.2, -0.15) is 0 Å². The van der Waals surface area contributed by atoms with Crippen molar-refractivity contribution in [1.29, 1.82) is 0 Å². The lowest BCUT2D eigenvalue weighted by molar-refractivity contribution is 0.569. The highest BCUT2D eigenvalue weighted by atomic mass is 15.2. The molecule has 0 N–H and O–H groups in total. The molecule has 3 nitrogen and oxygen atoms in total. The molecule has 0 atom stereocenters. The Labute approximate surface area is 662 Å². The van der Waals surface area contributed by atoms with Gasteiger partial charge in [-0.3, -0.25) is 0 Å². The molecule has 0 bridgehead atoms. The smallest absolute Gasteiger partial charge is 0.252 e. The molecule has 4 aliphatic rings. The van der Waals surface area contributed by atoms with Gasteiger partial charge in [-0.25, -0.2) is 0 Å². The van der Waals surface area contributed by atoms with Crippen molar-refractivity contribution >= 4 is 79.0 Å². The van der Waals surface area contributed by atoms with Crippen LogP contribution in [0.3, 0.4) is 0 Å². The van der Waals surface area contributed by atoms with Gasteiger partial charge in [-0.05, 0) is 198 Å². The lowest BCUT2D eigenvalue weighted by Gasteiger charge is -2.46. The molecule has 0 saturated heterocycles. The minimum atomic E-state index is -0.564. The molecule has 111 heavy (non-hydrogen) atoms. The van der Waals surface area contributed by atoms with E-state index in [4.69, 9.17) is 1.37 Å². The van der Waals surface area contributed by atoms with Crippen LogP contribution in [0.4, 0.5) is 34.1 Å². The molecule has 15 aromatic carbocycles. The molecule has 0 saturated carbocycles. The molecule has 16 aromatic rings. The molecule has 0 amide bonds. The molecule has 1 spiro atoms. The highest BCUT2D eigenvalue weighted by Gasteiger charge is 2.53. The Morgan fingerprint density at radius 1 is 0.288 bits per heavy atom. The summed E-state index contributed by atoms with van der Waals surface area (Å²) in [5.74, 6) is 0. The van der Waals surface area contributed by atoms with Gasteiger partial charge in [0.1, 0.15) is 0 Å². The van der Waals surface area contributed by atoms with Crippen LogP contribution in [-0.4, -0.2) is 11.3 Å². The van der Waals surface area contributed by atoms with Crippen molar-refractivity contribution in [3.8, 4) is 83.6 Å². The summed E-state index contributed by atoms with van der Waals surface area (Å²) >= 11 is 0. The first-order valence-electron chi connectivity index (χ1n) is 41.8. The minimum Gasteiger partial charge on any atom is -0.310 e. The fourth-order valence-electron chi connectivity index (χ4n) is 19.0. The van der Waals surface area contributed by atoms with Crippen LogP contribution in [0, 0.1) is 0 Å². The summed E-state index contributed by atoms with van der Waals surface area (Å²) in [6, 6.07) is 110. The Morgan fingerprint density at radius 2 is 0.721 bits per heavy atom. The number of hydrogen-bond donors (Lipinski definition) is 0. The average molecular weight is 1430 g/mol. The SMILES string of the molecule is [2H]c1c([2H])c([2H])c(-c2ccc3c(c2)N(c2cccc4c5cccc(-c6cccc7c6-c6ccccc6C76c7ccccc7-c7ccccc76)c5n(-c5ccccc5)c24)c2cc(C(C)(C)C)cc4c2B3c2ccc(-c3cc(C(C)(C)C)cc(C(C)(C)C)c3)cc2N4c2c(-c3ccccc3)cc(C(C)(C)C)cc2-c2ccccc2)c([2H])c1[2H]. The zero-order chi connectivity index (χ0) is 80.1. The molecule has 1 aromatic heterocycles. The number of nitrogens with zero attached hydrogens (tertiary/aromatic N) is 3. The number of aromatic nitrogens is 1. The Bertz CT molecular complexity index is 6660. The first-order valence-corrected chi connectivity index (χ1v) is 39.3. The van der Waals surface area contributed by atoms with Crippen LogP contribution in [0.15, 0.2) is 327 Å². The first-order chi connectivity index (χ1) is 55.7. The molecule has 4 heteroatoms. The average Bonchev–Trinajstić information content (AvgIpc) is 1.40. The van der Waals surface area contributed by atoms with Crippen molar-refractivity contribution in [2.75, 3.05) is 9.80 Å². The van der Waals surface area contributed by atoms with Crippen LogP contribution in [0.25, 0.3) is 105 Å². The molecule has 536 valence electrons. The van der Waals surface area contributed by atoms with Crippen molar-refractivity contribution < 1.29 is 6.85 Å². The topological polar surface area (TPSA) is 11.4 Å². The molecule has 0 fully saturated rings. The number of anilines is 6. The van der Waals surface area contributed by atoms with Crippen LogP contribution in [0.1, 0.15) is 134 Å². The van der Waals surface area contributed by atoms with Crippen LogP contribution in [0.2, 0.25) is 0 Å². The third-order valence-electron chi connectivity index (χ3n) is 24.4. The van der Waals surface area contributed by atoms with E-state index < -0.39 is 23.6 Å². The van der Waals surface area contributed by atoms with Crippen molar-refractivity contribution in [2.45, 2.75) is 110 Å². The van der Waals surface area contributed by atoms with Crippen LogP contribution < -0.4 is 26.2 Å². The standard InChI is InChI=1S/C107H90BN3/c1-103(2,3)73-58-72(59-74(62-73)104(4,5)6)71-55-57-92-95(61-71)111(101-85(68-36-19-14-20-37-68)63-75(105(7,8)9)64-86(101)69-38-21-15-22-39-69)97-66-76(106(10,11)12)65-96-99(97)108(92)91-56-54-70(67-34-17-13-18-35-67)60-94(91)110(96)93-53-33-48-83-82-47-31-46-81(100(82)109(102(83)93)77-40-23-16-24-41-77)80-45-32-52-90-98(80)84-44-27-30-51-89(84)107(90)87-49-28-25-42-78(87)79-43-26-29-50-88(79)107/h13-66H,1-12H3/i13D,17D,18D,34D,35D. The van der Waals surface area contributed by atoms with Gasteiger partial charge in [-0.15, -0.1) is 0 Å². The van der Waals surface area contributed by atoms with Crippen LogP contribution in [-0.2, 0) is 27.1 Å². The van der Waals surface area contributed by atoms with Gasteiger partial charge >= 0.3 is 0 Å². The predicted molar refractivity (Wildman–Crippen MR) is 473 cm³/mol. The van der Waals surface area contributed by atoms with E-state index in [-0.39, 0.29) is 46.0 Å². The maximum absolute atomic E-state index is 9.73. The first kappa shape index (κ1) is 62.6.